The molecule has 1 unspecified atom stereocenters. The van der Waals surface area contributed by atoms with Crippen LogP contribution in [0.4, 0.5) is 0 Å². The van der Waals surface area contributed by atoms with Gasteiger partial charge < -0.3 is 18.9 Å². The van der Waals surface area contributed by atoms with Gasteiger partial charge in [0.2, 0.25) is 6.79 Å². The molecule has 2 aromatic carbocycles. The number of benzene rings is 2. The lowest BCUT2D eigenvalue weighted by Crippen LogP contribution is -2.34. The molecule has 0 spiro atoms. The highest BCUT2D eigenvalue weighted by Gasteiger charge is 2.26. The van der Waals surface area contributed by atoms with Gasteiger partial charge in [-0.2, -0.15) is 0 Å². The normalized spacial score (nSPS) is 13.6. The van der Waals surface area contributed by atoms with Gasteiger partial charge in [-0.1, -0.05) is 31.5 Å². The van der Waals surface area contributed by atoms with Crippen molar-refractivity contribution < 1.29 is 23.7 Å². The third kappa shape index (κ3) is 4.37. The van der Waals surface area contributed by atoms with Gasteiger partial charge in [0.15, 0.2) is 17.6 Å². The van der Waals surface area contributed by atoms with E-state index in [4.69, 9.17) is 30.5 Å². The summed E-state index contributed by atoms with van der Waals surface area (Å²) in [6.07, 6.45) is -0.699. The van der Waals surface area contributed by atoms with Crippen molar-refractivity contribution in [2.24, 2.45) is 5.92 Å². The lowest BCUT2D eigenvalue weighted by Gasteiger charge is -2.21. The number of rotatable bonds is 6. The van der Waals surface area contributed by atoms with Crippen LogP contribution in [0.3, 0.4) is 0 Å². The number of hydrogen-bond acceptors (Lipinski definition) is 5. The van der Waals surface area contributed by atoms with E-state index in [9.17, 15) is 4.79 Å². The first-order chi connectivity index (χ1) is 12.0. The molecule has 3 rings (SSSR count). The first kappa shape index (κ1) is 17.4. The van der Waals surface area contributed by atoms with Gasteiger partial charge in [0.05, 0.1) is 0 Å². The van der Waals surface area contributed by atoms with E-state index < -0.39 is 12.1 Å². The standard InChI is InChI=1S/C19H19ClO5/c1-12(2)18(25-15-6-4-14(20)5-7-15)19(21)22-10-13-3-8-16-17(9-13)24-11-23-16/h3-9,12,18H,10-11H2,1-2H3. The number of ether oxygens (including phenoxy) is 4. The number of carbonyl (C=O) groups excluding carboxylic acids is 1. The predicted molar refractivity (Wildman–Crippen MR) is 93.1 cm³/mol. The van der Waals surface area contributed by atoms with Crippen LogP contribution in [0, 0.1) is 5.92 Å². The van der Waals surface area contributed by atoms with Crippen molar-refractivity contribution in [1.29, 1.82) is 0 Å². The van der Waals surface area contributed by atoms with Gasteiger partial charge in [-0.15, -0.1) is 0 Å². The molecule has 0 fully saturated rings. The second-order valence-corrected chi connectivity index (χ2v) is 6.47. The van der Waals surface area contributed by atoms with E-state index in [1.54, 1.807) is 36.4 Å². The Morgan fingerprint density at radius 1 is 1.12 bits per heavy atom. The summed E-state index contributed by atoms with van der Waals surface area (Å²) >= 11 is 5.86. The SMILES string of the molecule is CC(C)C(Oc1ccc(Cl)cc1)C(=O)OCc1ccc2c(c1)OCO2. The minimum atomic E-state index is -0.699. The van der Waals surface area contributed by atoms with Crippen LogP contribution in [0.2, 0.25) is 5.02 Å². The largest absolute Gasteiger partial charge is 0.478 e. The number of esters is 1. The highest BCUT2D eigenvalue weighted by molar-refractivity contribution is 6.30. The van der Waals surface area contributed by atoms with Crippen LogP contribution in [-0.4, -0.2) is 18.9 Å². The van der Waals surface area contributed by atoms with Gasteiger partial charge in [-0.25, -0.2) is 4.79 Å². The average Bonchev–Trinajstić information content (AvgIpc) is 3.06. The molecule has 25 heavy (non-hydrogen) atoms. The maximum atomic E-state index is 12.4. The molecule has 0 saturated heterocycles. The van der Waals surface area contributed by atoms with Gasteiger partial charge in [-0.3, -0.25) is 0 Å². The molecule has 1 aliphatic heterocycles. The van der Waals surface area contributed by atoms with Crippen LogP contribution in [0.15, 0.2) is 42.5 Å². The van der Waals surface area contributed by atoms with Crippen LogP contribution >= 0.6 is 11.6 Å². The van der Waals surface area contributed by atoms with Crippen molar-refractivity contribution in [2.75, 3.05) is 6.79 Å². The molecule has 1 heterocycles. The van der Waals surface area contributed by atoms with Gasteiger partial charge in [0.1, 0.15) is 12.4 Å². The summed E-state index contributed by atoms with van der Waals surface area (Å²) in [4.78, 5) is 12.4. The van der Waals surface area contributed by atoms with Gasteiger partial charge in [0.25, 0.3) is 0 Å². The Hall–Kier alpha value is -2.40. The summed E-state index contributed by atoms with van der Waals surface area (Å²) in [5.41, 5.74) is 0.826. The van der Waals surface area contributed by atoms with E-state index in [-0.39, 0.29) is 19.3 Å². The van der Waals surface area contributed by atoms with Crippen molar-refractivity contribution >= 4 is 17.6 Å². The lowest BCUT2D eigenvalue weighted by atomic mass is 10.1. The van der Waals surface area contributed by atoms with E-state index in [0.29, 0.717) is 22.3 Å². The predicted octanol–water partition coefficient (Wildman–Crippen LogP) is 4.22. The lowest BCUT2D eigenvalue weighted by molar-refractivity contribution is -0.155. The number of halogens is 1. The zero-order valence-electron chi connectivity index (χ0n) is 14.0. The minimum Gasteiger partial charge on any atom is -0.478 e. The summed E-state index contributed by atoms with van der Waals surface area (Å²) in [7, 11) is 0. The molecule has 0 aliphatic carbocycles. The first-order valence-corrected chi connectivity index (χ1v) is 8.38. The monoisotopic (exact) mass is 362 g/mol. The average molecular weight is 363 g/mol. The molecule has 0 bridgehead atoms. The second-order valence-electron chi connectivity index (χ2n) is 6.03. The number of carbonyl (C=O) groups is 1. The first-order valence-electron chi connectivity index (χ1n) is 8.00. The Morgan fingerprint density at radius 2 is 1.84 bits per heavy atom. The van der Waals surface area contributed by atoms with Crippen molar-refractivity contribution in [3.8, 4) is 17.2 Å². The maximum absolute atomic E-state index is 12.4. The highest BCUT2D eigenvalue weighted by atomic mass is 35.5. The molecule has 2 aromatic rings. The van der Waals surface area contributed by atoms with Crippen molar-refractivity contribution in [1.82, 2.24) is 0 Å². The molecule has 5 nitrogen and oxygen atoms in total. The Bertz CT molecular complexity index is 742. The summed E-state index contributed by atoms with van der Waals surface area (Å²) in [5.74, 6) is 1.47. The maximum Gasteiger partial charge on any atom is 0.347 e. The molecule has 0 aromatic heterocycles. The Morgan fingerprint density at radius 3 is 2.56 bits per heavy atom. The van der Waals surface area contributed by atoms with E-state index in [1.807, 2.05) is 19.9 Å². The van der Waals surface area contributed by atoms with Gasteiger partial charge in [-0.05, 0) is 42.0 Å². The van der Waals surface area contributed by atoms with E-state index >= 15 is 0 Å². The smallest absolute Gasteiger partial charge is 0.347 e. The molecule has 132 valence electrons. The molecular formula is C19H19ClO5. The molecule has 0 radical (unpaired) electrons. The van der Waals surface area contributed by atoms with Gasteiger partial charge in [0, 0.05) is 10.9 Å². The zero-order valence-corrected chi connectivity index (χ0v) is 14.8. The zero-order chi connectivity index (χ0) is 17.8. The molecule has 0 saturated carbocycles. The molecule has 6 heteroatoms. The fraction of sp³-hybridized carbons (Fsp3) is 0.316. The fourth-order valence-electron chi connectivity index (χ4n) is 2.38. The molecular weight excluding hydrogens is 344 g/mol. The minimum absolute atomic E-state index is 0.0417. The van der Waals surface area contributed by atoms with E-state index in [1.165, 1.54) is 0 Å². The molecule has 1 atom stereocenters. The van der Waals surface area contributed by atoms with Crippen LogP contribution in [0.5, 0.6) is 17.2 Å². The van der Waals surface area contributed by atoms with E-state index in [0.717, 1.165) is 5.56 Å². The Kier molecular flexibility index (Phi) is 5.34. The summed E-state index contributed by atoms with van der Waals surface area (Å²) in [6.45, 7) is 4.16. The number of fused-ring (bicyclic) bond motifs is 1. The van der Waals surface area contributed by atoms with Crippen molar-refractivity contribution in [3.05, 3.63) is 53.1 Å². The van der Waals surface area contributed by atoms with Crippen molar-refractivity contribution in [2.45, 2.75) is 26.6 Å². The van der Waals surface area contributed by atoms with Crippen LogP contribution in [0.1, 0.15) is 19.4 Å². The Labute approximate surface area is 151 Å². The van der Waals surface area contributed by atoms with Crippen LogP contribution in [0.25, 0.3) is 0 Å². The summed E-state index contributed by atoms with van der Waals surface area (Å²) in [5, 5.41) is 0.610. The van der Waals surface area contributed by atoms with Crippen molar-refractivity contribution in [3.63, 3.8) is 0 Å². The Balaban J connectivity index is 1.61. The third-order valence-electron chi connectivity index (χ3n) is 3.73. The number of hydrogen-bond donors (Lipinski definition) is 0. The second kappa shape index (κ2) is 7.66. The third-order valence-corrected chi connectivity index (χ3v) is 3.98. The highest BCUT2D eigenvalue weighted by Crippen LogP contribution is 2.32. The quantitative estimate of drug-likeness (QED) is 0.720. The molecule has 1 aliphatic rings. The fourth-order valence-corrected chi connectivity index (χ4v) is 2.51. The topological polar surface area (TPSA) is 54.0 Å². The summed E-state index contributed by atoms with van der Waals surface area (Å²) in [6, 6.07) is 12.3. The van der Waals surface area contributed by atoms with Gasteiger partial charge >= 0.3 is 5.97 Å². The van der Waals surface area contributed by atoms with Crippen LogP contribution in [-0.2, 0) is 16.1 Å². The van der Waals surface area contributed by atoms with Crippen LogP contribution < -0.4 is 14.2 Å². The molecule has 0 N–H and O–H groups in total. The molecule has 0 amide bonds. The summed E-state index contributed by atoms with van der Waals surface area (Å²) < 4.78 is 21.8. The van der Waals surface area contributed by atoms with E-state index in [2.05, 4.69) is 0 Å².